The van der Waals surface area contributed by atoms with Gasteiger partial charge >= 0.3 is 6.18 Å². The molecular weight excluding hydrogens is 227 g/mol. The first-order valence-electron chi connectivity index (χ1n) is 6.68. The Hall–Kier alpha value is -0.250. The van der Waals surface area contributed by atoms with Crippen molar-refractivity contribution in [1.82, 2.24) is 5.32 Å². The van der Waals surface area contributed by atoms with Crippen molar-refractivity contribution in [2.24, 2.45) is 11.8 Å². The van der Waals surface area contributed by atoms with E-state index in [0.29, 0.717) is 18.4 Å². The van der Waals surface area contributed by atoms with Gasteiger partial charge in [0.2, 0.25) is 0 Å². The Labute approximate surface area is 102 Å². The summed E-state index contributed by atoms with van der Waals surface area (Å²) in [6.45, 7) is 5.23. The van der Waals surface area contributed by atoms with Gasteiger partial charge in [0.05, 0.1) is 0 Å². The molecule has 1 aliphatic carbocycles. The molecule has 0 aromatic heterocycles. The zero-order valence-corrected chi connectivity index (χ0v) is 10.8. The van der Waals surface area contributed by atoms with Crippen LogP contribution in [-0.4, -0.2) is 18.8 Å². The molecule has 3 unspecified atom stereocenters. The van der Waals surface area contributed by atoms with Gasteiger partial charge < -0.3 is 5.32 Å². The molecule has 1 N–H and O–H groups in total. The summed E-state index contributed by atoms with van der Waals surface area (Å²) in [4.78, 5) is 0. The Balaban J connectivity index is 2.06. The van der Waals surface area contributed by atoms with Crippen molar-refractivity contribution in [3.8, 4) is 0 Å². The van der Waals surface area contributed by atoms with Crippen LogP contribution in [0.15, 0.2) is 0 Å². The Kier molecular flexibility index (Phi) is 5.77. The fourth-order valence-corrected chi connectivity index (χ4v) is 2.71. The van der Waals surface area contributed by atoms with Crippen LogP contribution in [0.2, 0.25) is 0 Å². The molecule has 1 aliphatic rings. The van der Waals surface area contributed by atoms with Gasteiger partial charge in [-0.3, -0.25) is 0 Å². The summed E-state index contributed by atoms with van der Waals surface area (Å²) in [5.74, 6) is 1.45. The maximum atomic E-state index is 11.9. The molecule has 0 aromatic rings. The van der Waals surface area contributed by atoms with Crippen LogP contribution in [0.25, 0.3) is 0 Å². The first kappa shape index (κ1) is 14.8. The van der Waals surface area contributed by atoms with Crippen LogP contribution in [0.4, 0.5) is 13.2 Å². The van der Waals surface area contributed by atoms with Crippen LogP contribution in [0.3, 0.4) is 0 Å². The molecule has 102 valence electrons. The van der Waals surface area contributed by atoms with Gasteiger partial charge in [0.25, 0.3) is 0 Å². The SMILES string of the molecule is CC1CCC(NCCCCC(F)(F)F)C(C)C1. The minimum absolute atomic E-state index is 0.244. The van der Waals surface area contributed by atoms with Crippen molar-refractivity contribution in [2.45, 2.75) is 64.6 Å². The van der Waals surface area contributed by atoms with Crippen LogP contribution in [0.1, 0.15) is 52.4 Å². The number of hydrogen-bond donors (Lipinski definition) is 1. The Morgan fingerprint density at radius 1 is 1.12 bits per heavy atom. The van der Waals surface area contributed by atoms with E-state index in [0.717, 1.165) is 12.5 Å². The fourth-order valence-electron chi connectivity index (χ4n) is 2.71. The lowest BCUT2D eigenvalue weighted by atomic mass is 9.80. The maximum Gasteiger partial charge on any atom is 0.389 e. The molecule has 0 saturated heterocycles. The molecular formula is C13H24F3N. The van der Waals surface area contributed by atoms with Gasteiger partial charge in [0.15, 0.2) is 0 Å². The van der Waals surface area contributed by atoms with Gasteiger partial charge in [0.1, 0.15) is 0 Å². The van der Waals surface area contributed by atoms with Crippen molar-refractivity contribution in [3.05, 3.63) is 0 Å². The monoisotopic (exact) mass is 251 g/mol. The molecule has 0 amide bonds. The fraction of sp³-hybridized carbons (Fsp3) is 1.00. The third kappa shape index (κ3) is 6.29. The number of unbranched alkanes of at least 4 members (excludes halogenated alkanes) is 1. The highest BCUT2D eigenvalue weighted by Gasteiger charge is 2.26. The third-order valence-corrected chi connectivity index (χ3v) is 3.73. The molecule has 0 heterocycles. The molecule has 4 heteroatoms. The third-order valence-electron chi connectivity index (χ3n) is 3.73. The molecule has 0 aromatic carbocycles. The Morgan fingerprint density at radius 3 is 2.41 bits per heavy atom. The number of alkyl halides is 3. The van der Waals surface area contributed by atoms with Gasteiger partial charge in [-0.2, -0.15) is 13.2 Å². The summed E-state index contributed by atoms with van der Waals surface area (Å²) in [6, 6.07) is 0.511. The summed E-state index contributed by atoms with van der Waals surface area (Å²) in [5.41, 5.74) is 0. The Bertz CT molecular complexity index is 215. The summed E-state index contributed by atoms with van der Waals surface area (Å²) >= 11 is 0. The molecule has 0 spiro atoms. The van der Waals surface area contributed by atoms with E-state index in [1.54, 1.807) is 0 Å². The van der Waals surface area contributed by atoms with Crippen LogP contribution in [0, 0.1) is 11.8 Å². The first-order valence-corrected chi connectivity index (χ1v) is 6.68. The van der Waals surface area contributed by atoms with E-state index in [2.05, 4.69) is 19.2 Å². The highest BCUT2D eigenvalue weighted by molar-refractivity contribution is 4.80. The lowest BCUT2D eigenvalue weighted by Gasteiger charge is -2.33. The number of halogens is 3. The number of hydrogen-bond acceptors (Lipinski definition) is 1. The van der Waals surface area contributed by atoms with E-state index in [1.165, 1.54) is 19.3 Å². The zero-order chi connectivity index (χ0) is 12.9. The van der Waals surface area contributed by atoms with Crippen LogP contribution in [-0.2, 0) is 0 Å². The number of rotatable bonds is 5. The quantitative estimate of drug-likeness (QED) is 0.724. The predicted molar refractivity (Wildman–Crippen MR) is 63.9 cm³/mol. The van der Waals surface area contributed by atoms with Crippen molar-refractivity contribution >= 4 is 0 Å². The van der Waals surface area contributed by atoms with Gasteiger partial charge in [0, 0.05) is 12.5 Å². The van der Waals surface area contributed by atoms with Crippen LogP contribution < -0.4 is 5.32 Å². The van der Waals surface area contributed by atoms with E-state index in [4.69, 9.17) is 0 Å². The van der Waals surface area contributed by atoms with E-state index in [1.807, 2.05) is 0 Å². The van der Waals surface area contributed by atoms with Gasteiger partial charge in [-0.05, 0) is 50.5 Å². The summed E-state index contributed by atoms with van der Waals surface area (Å²) in [5, 5.41) is 3.41. The largest absolute Gasteiger partial charge is 0.389 e. The molecule has 0 aliphatic heterocycles. The molecule has 0 bridgehead atoms. The molecule has 1 fully saturated rings. The van der Waals surface area contributed by atoms with Crippen LogP contribution >= 0.6 is 0 Å². The second kappa shape index (κ2) is 6.62. The molecule has 1 nitrogen and oxygen atoms in total. The normalized spacial score (nSPS) is 30.5. The van der Waals surface area contributed by atoms with Gasteiger partial charge in [-0.1, -0.05) is 13.8 Å². The second-order valence-electron chi connectivity index (χ2n) is 5.53. The van der Waals surface area contributed by atoms with Gasteiger partial charge in [-0.15, -0.1) is 0 Å². The van der Waals surface area contributed by atoms with E-state index in [-0.39, 0.29) is 6.42 Å². The van der Waals surface area contributed by atoms with E-state index >= 15 is 0 Å². The number of nitrogens with one attached hydrogen (secondary N) is 1. The average Bonchev–Trinajstić information content (AvgIpc) is 2.18. The summed E-state index contributed by atoms with van der Waals surface area (Å²) in [7, 11) is 0. The Morgan fingerprint density at radius 2 is 1.82 bits per heavy atom. The topological polar surface area (TPSA) is 12.0 Å². The zero-order valence-electron chi connectivity index (χ0n) is 10.8. The molecule has 1 saturated carbocycles. The summed E-state index contributed by atoms with van der Waals surface area (Å²) < 4.78 is 35.8. The maximum absolute atomic E-state index is 11.9. The van der Waals surface area contributed by atoms with Crippen molar-refractivity contribution in [3.63, 3.8) is 0 Å². The standard InChI is InChI=1S/C13H24F3N/c1-10-5-6-12(11(2)9-10)17-8-4-3-7-13(14,15)16/h10-12,17H,3-9H2,1-2H3. The van der Waals surface area contributed by atoms with Gasteiger partial charge in [-0.25, -0.2) is 0 Å². The highest BCUT2D eigenvalue weighted by atomic mass is 19.4. The molecule has 0 radical (unpaired) electrons. The molecule has 3 atom stereocenters. The summed E-state index contributed by atoms with van der Waals surface area (Å²) in [6.07, 6.45) is -0.127. The van der Waals surface area contributed by atoms with E-state index in [9.17, 15) is 13.2 Å². The average molecular weight is 251 g/mol. The van der Waals surface area contributed by atoms with E-state index < -0.39 is 12.6 Å². The minimum Gasteiger partial charge on any atom is -0.314 e. The van der Waals surface area contributed by atoms with Crippen molar-refractivity contribution in [1.29, 1.82) is 0 Å². The predicted octanol–water partition coefficient (Wildman–Crippen LogP) is 4.13. The highest BCUT2D eigenvalue weighted by Crippen LogP contribution is 2.28. The first-order chi connectivity index (χ1) is 7.88. The lowest BCUT2D eigenvalue weighted by molar-refractivity contribution is -0.135. The second-order valence-corrected chi connectivity index (χ2v) is 5.53. The molecule has 1 rings (SSSR count). The van der Waals surface area contributed by atoms with Crippen molar-refractivity contribution in [2.75, 3.05) is 6.54 Å². The lowest BCUT2D eigenvalue weighted by Crippen LogP contribution is -2.39. The van der Waals surface area contributed by atoms with Crippen molar-refractivity contribution < 1.29 is 13.2 Å². The minimum atomic E-state index is -3.99. The molecule has 17 heavy (non-hydrogen) atoms. The smallest absolute Gasteiger partial charge is 0.314 e. The van der Waals surface area contributed by atoms with Crippen LogP contribution in [0.5, 0.6) is 0 Å².